The SMILES string of the molecule is CN=C(NCc1ccnc(N(C)C)c1)NC(C)c1ccc(OCC2CC2)c(F)c1. The summed E-state index contributed by atoms with van der Waals surface area (Å²) in [6, 6.07) is 9.01. The Morgan fingerprint density at radius 3 is 2.76 bits per heavy atom. The first kappa shape index (κ1) is 20.9. The van der Waals surface area contributed by atoms with Crippen molar-refractivity contribution in [3.8, 4) is 5.75 Å². The molecule has 1 aliphatic carbocycles. The number of nitrogens with one attached hydrogen (secondary N) is 2. The predicted octanol–water partition coefficient (Wildman–Crippen LogP) is 3.50. The Bertz CT molecular complexity index is 851. The third kappa shape index (κ3) is 6.07. The van der Waals surface area contributed by atoms with E-state index in [2.05, 4.69) is 20.6 Å². The molecule has 2 N–H and O–H groups in total. The molecule has 1 saturated carbocycles. The van der Waals surface area contributed by atoms with E-state index in [0.29, 0.717) is 30.8 Å². The van der Waals surface area contributed by atoms with Crippen molar-refractivity contribution >= 4 is 11.8 Å². The van der Waals surface area contributed by atoms with Crippen LogP contribution in [0.5, 0.6) is 5.75 Å². The molecule has 0 saturated heterocycles. The quantitative estimate of drug-likeness (QED) is 0.526. The van der Waals surface area contributed by atoms with Gasteiger partial charge < -0.3 is 20.3 Å². The molecule has 1 heterocycles. The normalized spacial score (nSPS) is 15.0. The molecular formula is C22H30FN5O. The maximum absolute atomic E-state index is 14.4. The lowest BCUT2D eigenvalue weighted by Gasteiger charge is -2.19. The second-order valence-corrected chi connectivity index (χ2v) is 7.65. The summed E-state index contributed by atoms with van der Waals surface area (Å²) in [7, 11) is 5.64. The summed E-state index contributed by atoms with van der Waals surface area (Å²) in [5.74, 6) is 2.14. The van der Waals surface area contributed by atoms with E-state index in [1.165, 1.54) is 18.9 Å². The zero-order valence-corrected chi connectivity index (χ0v) is 17.6. The first-order valence-electron chi connectivity index (χ1n) is 9.98. The molecule has 3 rings (SSSR count). The van der Waals surface area contributed by atoms with E-state index < -0.39 is 0 Å². The van der Waals surface area contributed by atoms with Gasteiger partial charge in [-0.2, -0.15) is 0 Å². The number of hydrogen-bond donors (Lipinski definition) is 2. The van der Waals surface area contributed by atoms with Crippen LogP contribution in [0.15, 0.2) is 41.5 Å². The topological polar surface area (TPSA) is 61.8 Å². The minimum Gasteiger partial charge on any atom is -0.490 e. The van der Waals surface area contributed by atoms with Gasteiger partial charge in [-0.15, -0.1) is 0 Å². The summed E-state index contributed by atoms with van der Waals surface area (Å²) < 4.78 is 19.9. The predicted molar refractivity (Wildman–Crippen MR) is 115 cm³/mol. The van der Waals surface area contributed by atoms with Gasteiger partial charge >= 0.3 is 0 Å². The third-order valence-corrected chi connectivity index (χ3v) is 4.93. The van der Waals surface area contributed by atoms with Crippen molar-refractivity contribution in [2.75, 3.05) is 32.6 Å². The molecule has 7 heteroatoms. The molecule has 1 atom stereocenters. The zero-order chi connectivity index (χ0) is 20.8. The maximum atomic E-state index is 14.4. The fraction of sp³-hybridized carbons (Fsp3) is 0.455. The van der Waals surface area contributed by atoms with Crippen molar-refractivity contribution in [2.24, 2.45) is 10.9 Å². The van der Waals surface area contributed by atoms with Crippen molar-refractivity contribution in [2.45, 2.75) is 32.4 Å². The molecule has 0 spiro atoms. The monoisotopic (exact) mass is 399 g/mol. The van der Waals surface area contributed by atoms with Crippen molar-refractivity contribution in [1.82, 2.24) is 15.6 Å². The molecule has 29 heavy (non-hydrogen) atoms. The standard InChI is InChI=1S/C22H30FN5O/c1-15(18-7-8-20(19(23)12-18)29-14-16-5-6-16)27-22(24-2)26-13-17-9-10-25-21(11-17)28(3)4/h7-12,15-16H,5-6,13-14H2,1-4H3,(H2,24,26,27). The third-order valence-electron chi connectivity index (χ3n) is 4.93. The molecule has 1 unspecified atom stereocenters. The summed E-state index contributed by atoms with van der Waals surface area (Å²) in [6.45, 7) is 3.19. The second-order valence-electron chi connectivity index (χ2n) is 7.65. The van der Waals surface area contributed by atoms with Gasteiger partial charge in [0.2, 0.25) is 0 Å². The van der Waals surface area contributed by atoms with Gasteiger partial charge in [0.25, 0.3) is 0 Å². The Kier molecular flexibility index (Phi) is 6.90. The number of benzene rings is 1. The number of guanidine groups is 1. The molecule has 1 aromatic carbocycles. The van der Waals surface area contributed by atoms with Crippen LogP contribution in [0.3, 0.4) is 0 Å². The molecule has 0 amide bonds. The van der Waals surface area contributed by atoms with Gasteiger partial charge in [0.15, 0.2) is 17.5 Å². The number of hydrogen-bond acceptors (Lipinski definition) is 4. The van der Waals surface area contributed by atoms with Crippen LogP contribution in [0.25, 0.3) is 0 Å². The molecule has 1 aromatic heterocycles. The number of nitrogens with zero attached hydrogens (tertiary/aromatic N) is 3. The summed E-state index contributed by atoms with van der Waals surface area (Å²) in [4.78, 5) is 10.6. The van der Waals surface area contributed by atoms with E-state index in [4.69, 9.17) is 4.74 Å². The average molecular weight is 400 g/mol. The Morgan fingerprint density at radius 1 is 1.31 bits per heavy atom. The van der Waals surface area contributed by atoms with Gasteiger partial charge in [0.1, 0.15) is 5.82 Å². The summed E-state index contributed by atoms with van der Waals surface area (Å²) in [6.07, 6.45) is 4.16. The maximum Gasteiger partial charge on any atom is 0.191 e. The van der Waals surface area contributed by atoms with Gasteiger partial charge in [-0.3, -0.25) is 4.99 Å². The number of ether oxygens (including phenoxy) is 1. The van der Waals surface area contributed by atoms with Crippen LogP contribution in [0.2, 0.25) is 0 Å². The smallest absolute Gasteiger partial charge is 0.191 e. The highest BCUT2D eigenvalue weighted by atomic mass is 19.1. The molecule has 0 aliphatic heterocycles. The Balaban J connectivity index is 1.55. The second kappa shape index (κ2) is 9.58. The largest absolute Gasteiger partial charge is 0.490 e. The van der Waals surface area contributed by atoms with E-state index in [1.54, 1.807) is 19.3 Å². The van der Waals surface area contributed by atoms with Crippen LogP contribution in [0, 0.1) is 11.7 Å². The summed E-state index contributed by atoms with van der Waals surface area (Å²) in [5.41, 5.74) is 1.94. The van der Waals surface area contributed by atoms with Crippen LogP contribution in [0.4, 0.5) is 10.2 Å². The Labute approximate surface area is 172 Å². The fourth-order valence-corrected chi connectivity index (χ4v) is 2.88. The van der Waals surface area contributed by atoms with Gasteiger partial charge in [-0.05, 0) is 61.1 Å². The van der Waals surface area contributed by atoms with E-state index in [9.17, 15) is 4.39 Å². The van der Waals surface area contributed by atoms with Crippen molar-refractivity contribution in [3.05, 3.63) is 53.5 Å². The minimum absolute atomic E-state index is 0.108. The fourth-order valence-electron chi connectivity index (χ4n) is 2.88. The minimum atomic E-state index is -0.326. The van der Waals surface area contributed by atoms with Crippen molar-refractivity contribution < 1.29 is 9.13 Å². The van der Waals surface area contributed by atoms with E-state index in [-0.39, 0.29) is 11.9 Å². The van der Waals surface area contributed by atoms with Crippen LogP contribution in [-0.2, 0) is 6.54 Å². The molecule has 2 aromatic rings. The highest BCUT2D eigenvalue weighted by Gasteiger charge is 2.22. The van der Waals surface area contributed by atoms with Crippen LogP contribution < -0.4 is 20.3 Å². The van der Waals surface area contributed by atoms with Gasteiger partial charge in [0, 0.05) is 33.9 Å². The highest BCUT2D eigenvalue weighted by molar-refractivity contribution is 5.80. The first-order chi connectivity index (χ1) is 14.0. The van der Waals surface area contributed by atoms with Crippen LogP contribution in [0.1, 0.15) is 36.9 Å². The van der Waals surface area contributed by atoms with Crippen LogP contribution in [-0.4, -0.2) is 38.7 Å². The summed E-state index contributed by atoms with van der Waals surface area (Å²) in [5, 5.41) is 6.60. The molecule has 6 nitrogen and oxygen atoms in total. The van der Waals surface area contributed by atoms with Gasteiger partial charge in [0.05, 0.1) is 12.6 Å². The van der Waals surface area contributed by atoms with E-state index in [0.717, 1.165) is 16.9 Å². The molecule has 1 aliphatic rings. The number of aliphatic imine (C=N–C) groups is 1. The molecular weight excluding hydrogens is 369 g/mol. The lowest BCUT2D eigenvalue weighted by Crippen LogP contribution is -2.38. The molecule has 0 bridgehead atoms. The number of aromatic nitrogens is 1. The number of pyridine rings is 1. The Hall–Kier alpha value is -2.83. The lowest BCUT2D eigenvalue weighted by atomic mass is 10.1. The van der Waals surface area contributed by atoms with Gasteiger partial charge in [-0.1, -0.05) is 6.07 Å². The molecule has 156 valence electrons. The highest BCUT2D eigenvalue weighted by Crippen LogP contribution is 2.30. The van der Waals surface area contributed by atoms with E-state index >= 15 is 0 Å². The Morgan fingerprint density at radius 2 is 2.10 bits per heavy atom. The van der Waals surface area contributed by atoms with Crippen molar-refractivity contribution in [1.29, 1.82) is 0 Å². The first-order valence-corrected chi connectivity index (χ1v) is 9.98. The average Bonchev–Trinajstić information content (AvgIpc) is 3.54. The number of anilines is 1. The lowest BCUT2D eigenvalue weighted by molar-refractivity contribution is 0.285. The number of halogens is 1. The van der Waals surface area contributed by atoms with E-state index in [1.807, 2.05) is 44.1 Å². The molecule has 1 fully saturated rings. The zero-order valence-electron chi connectivity index (χ0n) is 17.6. The van der Waals surface area contributed by atoms with Gasteiger partial charge in [-0.25, -0.2) is 9.37 Å². The van der Waals surface area contributed by atoms with Crippen LogP contribution >= 0.6 is 0 Å². The summed E-state index contributed by atoms with van der Waals surface area (Å²) >= 11 is 0. The number of rotatable bonds is 8. The van der Waals surface area contributed by atoms with Crippen molar-refractivity contribution in [3.63, 3.8) is 0 Å². The molecule has 0 radical (unpaired) electrons.